The van der Waals surface area contributed by atoms with E-state index in [4.69, 9.17) is 18.9 Å². The zero-order chi connectivity index (χ0) is 30.2. The zero-order valence-corrected chi connectivity index (χ0v) is 26.1. The zero-order valence-electron chi connectivity index (χ0n) is 26.1. The number of likely N-dealkylation sites (N-methyl/N-ethyl adjacent to an activating group) is 2. The number of hydrogen-bond donors (Lipinski definition) is 0. The minimum Gasteiger partial charge on any atom is -0.461 e. The number of esters is 2. The van der Waals surface area contributed by atoms with Crippen LogP contribution in [-0.4, -0.2) is 110 Å². The van der Waals surface area contributed by atoms with E-state index in [0.717, 1.165) is 51.3 Å². The van der Waals surface area contributed by atoms with Crippen molar-refractivity contribution < 1.29 is 37.5 Å². The number of piperidine rings is 2. The molecule has 232 valence electrons. The summed E-state index contributed by atoms with van der Waals surface area (Å²) in [4.78, 5) is 28.6. The molecule has 8 heteroatoms. The number of epoxide rings is 2. The maximum atomic E-state index is 14.6. The van der Waals surface area contributed by atoms with Gasteiger partial charge in [-0.15, -0.1) is 0 Å². The van der Waals surface area contributed by atoms with Crippen LogP contribution in [0.5, 0.6) is 0 Å². The minimum absolute atomic E-state index is 0.0856. The average molecular weight is 601 g/mol. The van der Waals surface area contributed by atoms with E-state index in [1.165, 1.54) is 0 Å². The lowest BCUT2D eigenvalue weighted by Gasteiger charge is -2.46. The molecule has 0 aromatic heterocycles. The number of rotatable bonds is 5. The fourth-order valence-corrected chi connectivity index (χ4v) is 10.5. The lowest BCUT2D eigenvalue weighted by Crippen LogP contribution is -2.60. The van der Waals surface area contributed by atoms with Gasteiger partial charge >= 0.3 is 11.9 Å². The van der Waals surface area contributed by atoms with E-state index in [1.807, 2.05) is 54.6 Å². The quantitative estimate of drug-likeness (QED) is 0.297. The van der Waals surface area contributed by atoms with Crippen LogP contribution < -0.4 is 0 Å². The van der Waals surface area contributed by atoms with E-state index in [0.29, 0.717) is 61.4 Å². The minimum atomic E-state index is -0.973. The number of nitrogens with zero attached hydrogens (tertiary/aromatic N) is 2. The molecule has 1 aliphatic carbocycles. The highest BCUT2D eigenvalue weighted by Crippen LogP contribution is 2.54. The van der Waals surface area contributed by atoms with E-state index in [-0.39, 0.29) is 24.1 Å². The Morgan fingerprint density at radius 3 is 1.77 bits per heavy atom. The van der Waals surface area contributed by atoms with Gasteiger partial charge in [-0.1, -0.05) is 54.6 Å². The Kier molecular flexibility index (Phi) is 5.72. The molecule has 6 saturated heterocycles. The van der Waals surface area contributed by atoms with Crippen LogP contribution in [0.4, 0.5) is 0 Å². The third-order valence-corrected chi connectivity index (χ3v) is 13.1. The molecule has 44 heavy (non-hydrogen) atoms. The molecule has 6 fully saturated rings. The van der Waals surface area contributed by atoms with Gasteiger partial charge in [0.15, 0.2) is 0 Å². The van der Waals surface area contributed by atoms with E-state index >= 15 is 0 Å². The van der Waals surface area contributed by atoms with Gasteiger partial charge in [0.2, 0.25) is 0 Å². The number of morpholine rings is 2. The summed E-state index contributed by atoms with van der Waals surface area (Å²) in [5.41, 5.74) is 1.72. The predicted molar refractivity (Wildman–Crippen MR) is 161 cm³/mol. The maximum absolute atomic E-state index is 14.6. The van der Waals surface area contributed by atoms with Crippen LogP contribution in [0.15, 0.2) is 54.6 Å². The number of hydrogen-bond acceptors (Lipinski definition) is 6. The molecular weight excluding hydrogens is 556 g/mol. The second-order valence-corrected chi connectivity index (χ2v) is 15.6. The monoisotopic (exact) mass is 600 g/mol. The summed E-state index contributed by atoms with van der Waals surface area (Å²) in [6, 6.07) is 19.5. The van der Waals surface area contributed by atoms with Crippen molar-refractivity contribution in [3.63, 3.8) is 0 Å². The molecule has 4 bridgehead atoms. The third-order valence-electron chi connectivity index (χ3n) is 13.1. The van der Waals surface area contributed by atoms with Gasteiger partial charge in [0.1, 0.15) is 66.2 Å². The van der Waals surface area contributed by atoms with Gasteiger partial charge in [0.25, 0.3) is 0 Å². The summed E-state index contributed by atoms with van der Waals surface area (Å²) >= 11 is 0. The smallest absolute Gasteiger partial charge is 0.321 e. The first-order valence-electron chi connectivity index (χ1n) is 16.6. The Balaban J connectivity index is 0.998. The molecule has 8 nitrogen and oxygen atoms in total. The lowest BCUT2D eigenvalue weighted by atomic mass is 9.63. The molecule has 12 atom stereocenters. The van der Waals surface area contributed by atoms with Crippen LogP contribution >= 0.6 is 0 Å². The Morgan fingerprint density at radius 2 is 1.20 bits per heavy atom. The van der Waals surface area contributed by atoms with E-state index < -0.39 is 11.3 Å². The molecule has 0 amide bonds. The van der Waals surface area contributed by atoms with Gasteiger partial charge in [0.05, 0.1) is 34.1 Å². The standard InChI is InChI=1S/C36H44N2O6/c1-37(2)26-16-21(17-27(37)31-30(26)43-31)41-34(39)24-14-15-36(20-10-6-5-7-11-20,25-13-9-8-12-23(24)25)35(40)42-22-18-28-32-33(44-32)29(19-22)38(28,3)4/h5-13,21-22,24,26-33H,14-19H2,1-4H3/q+2/t21?,22?,24-,26-,27+,28-,29+,30?,31?,32?,33?,36+/m0/s1. The molecular formula is C36H44N2O6+2. The number of benzene rings is 2. The predicted octanol–water partition coefficient (Wildman–Crippen LogP) is 3.45. The molecule has 7 aliphatic rings. The summed E-state index contributed by atoms with van der Waals surface area (Å²) in [5.74, 6) is -0.768. The molecule has 2 aromatic carbocycles. The number of quaternary nitrogens is 2. The van der Waals surface area contributed by atoms with Gasteiger partial charge in [-0.25, -0.2) is 0 Å². The molecule has 6 aliphatic heterocycles. The second-order valence-electron chi connectivity index (χ2n) is 15.6. The molecule has 0 saturated carbocycles. The molecule has 2 aromatic rings. The summed E-state index contributed by atoms with van der Waals surface area (Å²) < 4.78 is 26.7. The number of carbonyl (C=O) groups is 2. The Bertz CT molecular complexity index is 1490. The van der Waals surface area contributed by atoms with E-state index in [9.17, 15) is 9.59 Å². The molecule has 6 unspecified atom stereocenters. The molecule has 0 N–H and O–H groups in total. The van der Waals surface area contributed by atoms with Crippen molar-refractivity contribution in [3.05, 3.63) is 71.3 Å². The Labute approximate surface area is 259 Å². The molecule has 9 rings (SSSR count). The normalized spacial score (nSPS) is 44.5. The number of ether oxygens (including phenoxy) is 4. The third kappa shape index (κ3) is 3.71. The van der Waals surface area contributed by atoms with Crippen molar-refractivity contribution in [2.24, 2.45) is 0 Å². The SMILES string of the molecule is C[N+]1(C)[C@@H]2CC(OC(=O)[C@H]3CC[C@@](C(=O)OC4C[C@@H]5C6OC6[C@H](C4)[N+]5(C)C)(c4ccccc4)c4ccccc43)C[C@H]1C1OC12. The van der Waals surface area contributed by atoms with Gasteiger partial charge in [-0.2, -0.15) is 0 Å². The summed E-state index contributed by atoms with van der Waals surface area (Å²) in [6.45, 7) is 0. The highest BCUT2D eigenvalue weighted by atomic mass is 16.6. The van der Waals surface area contributed by atoms with Crippen molar-refractivity contribution >= 4 is 11.9 Å². The van der Waals surface area contributed by atoms with E-state index in [2.05, 4.69) is 28.2 Å². The van der Waals surface area contributed by atoms with Crippen molar-refractivity contribution in [2.75, 3.05) is 28.2 Å². The first-order chi connectivity index (χ1) is 21.1. The maximum Gasteiger partial charge on any atom is 0.321 e. The fourth-order valence-electron chi connectivity index (χ4n) is 10.5. The topological polar surface area (TPSA) is 77.7 Å². The average Bonchev–Trinajstić information content (AvgIpc) is 3.91. The van der Waals surface area contributed by atoms with Crippen LogP contribution in [-0.2, 0) is 34.0 Å². The fraction of sp³-hybridized carbons (Fsp3) is 0.611. The number of carbonyl (C=O) groups excluding carboxylic acids is 2. The second kappa shape index (κ2) is 9.15. The first kappa shape index (κ1) is 27.5. The van der Waals surface area contributed by atoms with Gasteiger partial charge < -0.3 is 27.9 Å². The lowest BCUT2D eigenvalue weighted by molar-refractivity contribution is -0.938. The summed E-state index contributed by atoms with van der Waals surface area (Å²) in [6.07, 6.45) is 5.38. The highest BCUT2D eigenvalue weighted by molar-refractivity contribution is 5.91. The van der Waals surface area contributed by atoms with Crippen LogP contribution in [0.3, 0.4) is 0 Å². The largest absolute Gasteiger partial charge is 0.461 e. The number of fused-ring (bicyclic) bond motifs is 11. The highest BCUT2D eigenvalue weighted by Gasteiger charge is 2.72. The summed E-state index contributed by atoms with van der Waals surface area (Å²) in [7, 11) is 9.16. The van der Waals surface area contributed by atoms with Gasteiger partial charge in [0, 0.05) is 25.7 Å². The summed E-state index contributed by atoms with van der Waals surface area (Å²) in [5, 5.41) is 0. The first-order valence-corrected chi connectivity index (χ1v) is 16.6. The van der Waals surface area contributed by atoms with Crippen LogP contribution in [0, 0.1) is 0 Å². The van der Waals surface area contributed by atoms with Crippen LogP contribution in [0.25, 0.3) is 0 Å². The molecule has 0 spiro atoms. The van der Waals surface area contributed by atoms with Crippen molar-refractivity contribution in [2.45, 2.75) is 111 Å². The van der Waals surface area contributed by atoms with Crippen molar-refractivity contribution in [1.29, 1.82) is 0 Å². The van der Waals surface area contributed by atoms with Gasteiger partial charge in [-0.3, -0.25) is 9.59 Å². The van der Waals surface area contributed by atoms with Crippen molar-refractivity contribution in [3.8, 4) is 0 Å². The van der Waals surface area contributed by atoms with E-state index in [1.54, 1.807) is 0 Å². The van der Waals surface area contributed by atoms with Crippen LogP contribution in [0.1, 0.15) is 61.1 Å². The molecule has 6 heterocycles. The molecule has 0 radical (unpaired) electrons. The van der Waals surface area contributed by atoms with Crippen molar-refractivity contribution in [1.82, 2.24) is 0 Å². The van der Waals surface area contributed by atoms with Gasteiger partial charge in [-0.05, 0) is 29.5 Å². The van der Waals surface area contributed by atoms with Crippen LogP contribution in [0.2, 0.25) is 0 Å². The Morgan fingerprint density at radius 1 is 0.705 bits per heavy atom. The Hall–Kier alpha value is -2.78.